The Morgan fingerprint density at radius 1 is 1.27 bits per heavy atom. The van der Waals surface area contributed by atoms with Gasteiger partial charge < -0.3 is 15.2 Å². The number of benzene rings is 2. The van der Waals surface area contributed by atoms with Crippen LogP contribution in [0.15, 0.2) is 48.5 Å². The van der Waals surface area contributed by atoms with E-state index in [0.717, 1.165) is 6.07 Å². The number of hydrogen-bond acceptors (Lipinski definition) is 4. The van der Waals surface area contributed by atoms with Gasteiger partial charge in [-0.3, -0.25) is 10.1 Å². The van der Waals surface area contributed by atoms with Crippen molar-refractivity contribution in [2.45, 2.75) is 18.1 Å². The highest BCUT2D eigenvalue weighted by molar-refractivity contribution is 7.80. The fraction of sp³-hybridized carbons (Fsp3) is 0.333. The zero-order chi connectivity index (χ0) is 21.7. The average Bonchev–Trinajstić information content (AvgIpc) is 2.73. The summed E-state index contributed by atoms with van der Waals surface area (Å²) in [7, 11) is 0. The summed E-state index contributed by atoms with van der Waals surface area (Å²) in [6.45, 7) is -1.02. The van der Waals surface area contributed by atoms with Crippen LogP contribution in [0, 0.1) is 17.6 Å². The van der Waals surface area contributed by atoms with E-state index in [9.17, 15) is 23.1 Å². The van der Waals surface area contributed by atoms with Crippen molar-refractivity contribution in [3.8, 4) is 0 Å². The Morgan fingerprint density at radius 2 is 2.00 bits per heavy atom. The van der Waals surface area contributed by atoms with E-state index < -0.39 is 41.8 Å². The topological polar surface area (TPSA) is 70.6 Å². The van der Waals surface area contributed by atoms with E-state index in [4.69, 9.17) is 17.0 Å². The number of nitrogens with one attached hydrogen (secondary N) is 2. The summed E-state index contributed by atoms with van der Waals surface area (Å²) in [6, 6.07) is 11.2. The molecular formula is C21H21F3N2O3S. The first kappa shape index (κ1) is 22.2. The van der Waals surface area contributed by atoms with Gasteiger partial charge in [-0.2, -0.15) is 0 Å². The molecule has 1 aliphatic rings. The summed E-state index contributed by atoms with van der Waals surface area (Å²) >= 11 is 5.26. The van der Waals surface area contributed by atoms with Gasteiger partial charge in [-0.25, -0.2) is 13.2 Å². The van der Waals surface area contributed by atoms with E-state index in [0.29, 0.717) is 11.6 Å². The Balaban J connectivity index is 1.95. The maximum absolute atomic E-state index is 14.8. The predicted molar refractivity (Wildman–Crippen MR) is 109 cm³/mol. The molecule has 1 fully saturated rings. The third kappa shape index (κ3) is 4.63. The molecule has 5 nitrogen and oxygen atoms in total. The van der Waals surface area contributed by atoms with E-state index in [1.807, 2.05) is 0 Å². The Bertz CT molecular complexity index is 916. The van der Waals surface area contributed by atoms with Crippen LogP contribution in [0.25, 0.3) is 0 Å². The Hall–Kier alpha value is -2.49. The molecule has 0 bridgehead atoms. The number of aliphatic hydroxyl groups is 1. The Kier molecular flexibility index (Phi) is 7.06. The summed E-state index contributed by atoms with van der Waals surface area (Å²) in [5, 5.41) is 15.5. The van der Waals surface area contributed by atoms with Crippen LogP contribution in [0.1, 0.15) is 22.3 Å². The first-order chi connectivity index (χ1) is 14.4. The lowest BCUT2D eigenvalue weighted by Gasteiger charge is -2.46. The summed E-state index contributed by atoms with van der Waals surface area (Å²) in [5.41, 5.74) is -1.20. The van der Waals surface area contributed by atoms with Gasteiger partial charge >= 0.3 is 0 Å². The van der Waals surface area contributed by atoms with Crippen LogP contribution in [0.5, 0.6) is 0 Å². The Morgan fingerprint density at radius 3 is 2.67 bits per heavy atom. The van der Waals surface area contributed by atoms with Gasteiger partial charge in [0, 0.05) is 29.7 Å². The first-order valence-electron chi connectivity index (χ1n) is 9.33. The number of carbonyl (C=O) groups excluding carboxylic acids is 1. The van der Waals surface area contributed by atoms with E-state index in [1.54, 1.807) is 30.3 Å². The quantitative estimate of drug-likeness (QED) is 0.627. The van der Waals surface area contributed by atoms with Gasteiger partial charge in [-0.05, 0) is 36.8 Å². The van der Waals surface area contributed by atoms with Gasteiger partial charge in [0.2, 0.25) is 0 Å². The monoisotopic (exact) mass is 438 g/mol. The predicted octanol–water partition coefficient (Wildman–Crippen LogP) is 2.83. The highest BCUT2D eigenvalue weighted by Crippen LogP contribution is 2.39. The second-order valence-electron chi connectivity index (χ2n) is 7.04. The maximum Gasteiger partial charge on any atom is 0.257 e. The second kappa shape index (κ2) is 9.55. The van der Waals surface area contributed by atoms with E-state index in [-0.39, 0.29) is 30.3 Å². The van der Waals surface area contributed by atoms with E-state index in [2.05, 4.69) is 10.6 Å². The summed E-state index contributed by atoms with van der Waals surface area (Å²) in [6.07, 6.45) is -1.25. The number of halogens is 3. The van der Waals surface area contributed by atoms with Crippen molar-refractivity contribution in [1.29, 1.82) is 0 Å². The third-order valence-corrected chi connectivity index (χ3v) is 5.37. The molecule has 0 spiro atoms. The number of rotatable bonds is 5. The molecule has 9 heteroatoms. The zero-order valence-electron chi connectivity index (χ0n) is 15.9. The zero-order valence-corrected chi connectivity index (χ0v) is 16.7. The molecular weight excluding hydrogens is 417 g/mol. The van der Waals surface area contributed by atoms with Crippen LogP contribution in [0.4, 0.5) is 13.2 Å². The van der Waals surface area contributed by atoms with Crippen LogP contribution < -0.4 is 10.6 Å². The summed E-state index contributed by atoms with van der Waals surface area (Å²) < 4.78 is 47.2. The lowest BCUT2D eigenvalue weighted by Crippen LogP contribution is -2.62. The minimum Gasteiger partial charge on any atom is -0.390 e. The molecule has 3 N–H and O–H groups in total. The SMILES string of the molecule is O=C(NC(=S)NC1(c2ccc(F)cc2F)COCCC1C(O)CF)c1ccccc1. The molecule has 0 aliphatic carbocycles. The molecule has 2 aromatic rings. The van der Waals surface area contributed by atoms with Crippen molar-refractivity contribution in [2.75, 3.05) is 19.9 Å². The molecule has 2 aromatic carbocycles. The second-order valence-corrected chi connectivity index (χ2v) is 7.45. The summed E-state index contributed by atoms with van der Waals surface area (Å²) in [4.78, 5) is 12.4. The molecule has 0 aromatic heterocycles. The number of ether oxygens (including phenoxy) is 1. The van der Waals surface area contributed by atoms with Gasteiger partial charge in [0.05, 0.1) is 18.2 Å². The number of alkyl halides is 1. The van der Waals surface area contributed by atoms with Crippen LogP contribution in [-0.2, 0) is 10.3 Å². The largest absolute Gasteiger partial charge is 0.390 e. The molecule has 0 radical (unpaired) electrons. The molecule has 3 rings (SSSR count). The molecule has 160 valence electrons. The third-order valence-electron chi connectivity index (χ3n) is 5.17. The number of amides is 1. The Labute approximate surface area is 177 Å². The van der Waals surface area contributed by atoms with Crippen LogP contribution in [0.2, 0.25) is 0 Å². The van der Waals surface area contributed by atoms with Gasteiger partial charge in [-0.15, -0.1) is 0 Å². The average molecular weight is 438 g/mol. The van der Waals surface area contributed by atoms with Gasteiger partial charge in [-0.1, -0.05) is 24.3 Å². The fourth-order valence-corrected chi connectivity index (χ4v) is 4.02. The van der Waals surface area contributed by atoms with Crippen molar-refractivity contribution < 1.29 is 27.8 Å². The van der Waals surface area contributed by atoms with Crippen molar-refractivity contribution in [1.82, 2.24) is 10.6 Å². The number of aliphatic hydroxyl groups excluding tert-OH is 1. The van der Waals surface area contributed by atoms with Gasteiger partial charge in [0.1, 0.15) is 18.3 Å². The van der Waals surface area contributed by atoms with E-state index in [1.165, 1.54) is 6.07 Å². The van der Waals surface area contributed by atoms with Crippen molar-refractivity contribution >= 4 is 23.2 Å². The standard InChI is InChI=1S/C21H21F3N2O3S/c22-11-18(27)16-8-9-29-12-21(16,15-7-6-14(23)10-17(15)24)26-20(30)25-19(28)13-4-2-1-3-5-13/h1-7,10,16,18,27H,8-9,11-12H2,(H2,25,26,28,30). The van der Waals surface area contributed by atoms with Crippen molar-refractivity contribution in [2.24, 2.45) is 5.92 Å². The van der Waals surface area contributed by atoms with Crippen LogP contribution >= 0.6 is 12.2 Å². The molecule has 0 saturated carbocycles. The molecule has 1 amide bonds. The molecule has 1 saturated heterocycles. The number of carbonyl (C=O) groups is 1. The lowest BCUT2D eigenvalue weighted by atomic mass is 9.72. The smallest absolute Gasteiger partial charge is 0.257 e. The molecule has 3 atom stereocenters. The lowest BCUT2D eigenvalue weighted by molar-refractivity contribution is -0.0694. The number of thiocarbonyl (C=S) groups is 1. The minimum absolute atomic E-state index is 0.0441. The van der Waals surface area contributed by atoms with Crippen LogP contribution in [-0.4, -0.2) is 42.1 Å². The van der Waals surface area contributed by atoms with Crippen molar-refractivity contribution in [3.63, 3.8) is 0 Å². The van der Waals surface area contributed by atoms with E-state index >= 15 is 0 Å². The van der Waals surface area contributed by atoms with Gasteiger partial charge in [0.25, 0.3) is 5.91 Å². The highest BCUT2D eigenvalue weighted by Gasteiger charge is 2.48. The number of hydrogen-bond donors (Lipinski definition) is 3. The van der Waals surface area contributed by atoms with Crippen molar-refractivity contribution in [3.05, 3.63) is 71.3 Å². The molecule has 3 unspecified atom stereocenters. The molecule has 1 aliphatic heterocycles. The molecule has 30 heavy (non-hydrogen) atoms. The summed E-state index contributed by atoms with van der Waals surface area (Å²) in [5.74, 6) is -3.03. The van der Waals surface area contributed by atoms with Gasteiger partial charge in [0.15, 0.2) is 5.11 Å². The van der Waals surface area contributed by atoms with Crippen LogP contribution in [0.3, 0.4) is 0 Å². The minimum atomic E-state index is -1.51. The highest BCUT2D eigenvalue weighted by atomic mass is 32.1. The molecule has 1 heterocycles. The fourth-order valence-electron chi connectivity index (χ4n) is 3.75. The maximum atomic E-state index is 14.8. The first-order valence-corrected chi connectivity index (χ1v) is 9.74. The normalized spacial score (nSPS) is 22.2.